The quantitative estimate of drug-likeness (QED) is 0.396. The number of hydrogen-bond donors (Lipinski definition) is 2. The van der Waals surface area contributed by atoms with Gasteiger partial charge in [-0.3, -0.25) is 4.79 Å². The van der Waals surface area contributed by atoms with Gasteiger partial charge in [0, 0.05) is 11.0 Å². The van der Waals surface area contributed by atoms with E-state index in [1.54, 1.807) is 6.21 Å². The number of fused-ring (bicyclic) bond motifs is 2. The Morgan fingerprint density at radius 1 is 1.19 bits per heavy atom. The molecule has 0 aliphatic rings. The molecule has 0 spiro atoms. The van der Waals surface area contributed by atoms with Gasteiger partial charge in [0.2, 0.25) is 0 Å². The van der Waals surface area contributed by atoms with Gasteiger partial charge in [-0.25, -0.2) is 9.97 Å². The SMILES string of the molecule is CC(C)CCNC(=O)c1c(N)n(/N=C/c2cccc(Br)c2)c2nc3ccccc3nc12. The van der Waals surface area contributed by atoms with E-state index >= 15 is 0 Å². The number of aromatic nitrogens is 3. The van der Waals surface area contributed by atoms with Crippen LogP contribution in [0.3, 0.4) is 0 Å². The average Bonchev–Trinajstić information content (AvgIpc) is 3.00. The largest absolute Gasteiger partial charge is 0.383 e. The standard InChI is InChI=1S/C23H23BrN6O/c1-14(2)10-11-26-23(31)19-20-22(29-18-9-4-3-8-17(18)28-20)30(21(19)25)27-13-15-6-5-7-16(24)12-15/h3-9,12-14H,10-11,25H2,1-2H3,(H,26,31)/b27-13+. The van der Waals surface area contributed by atoms with Crippen LogP contribution in [0.15, 0.2) is 58.1 Å². The Hall–Kier alpha value is -3.26. The zero-order chi connectivity index (χ0) is 22.0. The van der Waals surface area contributed by atoms with Crippen LogP contribution >= 0.6 is 15.9 Å². The van der Waals surface area contributed by atoms with Gasteiger partial charge < -0.3 is 11.1 Å². The molecule has 3 N–H and O–H groups in total. The Kier molecular flexibility index (Phi) is 5.99. The molecule has 1 amide bonds. The van der Waals surface area contributed by atoms with Gasteiger partial charge in [0.15, 0.2) is 5.65 Å². The van der Waals surface area contributed by atoms with E-state index in [2.05, 4.69) is 45.2 Å². The summed E-state index contributed by atoms with van der Waals surface area (Å²) in [5.74, 6) is 0.417. The molecule has 0 unspecified atom stereocenters. The second kappa shape index (κ2) is 8.85. The second-order valence-electron chi connectivity index (χ2n) is 7.69. The van der Waals surface area contributed by atoms with Crippen LogP contribution in [0.1, 0.15) is 36.2 Å². The number of carbonyl (C=O) groups excluding carboxylic acids is 1. The predicted molar refractivity (Wildman–Crippen MR) is 128 cm³/mol. The van der Waals surface area contributed by atoms with Gasteiger partial charge in [-0.2, -0.15) is 9.78 Å². The number of anilines is 1. The first-order chi connectivity index (χ1) is 14.9. The molecule has 0 fully saturated rings. The third-order valence-electron chi connectivity index (χ3n) is 4.88. The monoisotopic (exact) mass is 478 g/mol. The number of nitrogens with zero attached hydrogens (tertiary/aromatic N) is 4. The van der Waals surface area contributed by atoms with Crippen molar-refractivity contribution < 1.29 is 4.79 Å². The fraction of sp³-hybridized carbons (Fsp3) is 0.217. The first-order valence-corrected chi connectivity index (χ1v) is 10.9. The highest BCUT2D eigenvalue weighted by molar-refractivity contribution is 9.10. The number of nitrogen functional groups attached to an aromatic ring is 1. The molecule has 0 saturated carbocycles. The summed E-state index contributed by atoms with van der Waals surface area (Å²) in [7, 11) is 0. The maximum Gasteiger partial charge on any atom is 0.257 e. The van der Waals surface area contributed by atoms with Gasteiger partial charge in [0.25, 0.3) is 5.91 Å². The van der Waals surface area contributed by atoms with Crippen LogP contribution in [-0.2, 0) is 0 Å². The molecule has 8 heteroatoms. The summed E-state index contributed by atoms with van der Waals surface area (Å²) in [4.78, 5) is 22.4. The molecule has 0 aliphatic heterocycles. The summed E-state index contributed by atoms with van der Waals surface area (Å²) >= 11 is 3.46. The summed E-state index contributed by atoms with van der Waals surface area (Å²) < 4.78 is 2.42. The molecule has 0 saturated heterocycles. The van der Waals surface area contributed by atoms with Crippen molar-refractivity contribution in [2.24, 2.45) is 11.0 Å². The second-order valence-corrected chi connectivity index (χ2v) is 8.61. The van der Waals surface area contributed by atoms with Crippen molar-refractivity contribution in [3.8, 4) is 0 Å². The Morgan fingerprint density at radius 3 is 2.65 bits per heavy atom. The van der Waals surface area contributed by atoms with E-state index in [-0.39, 0.29) is 11.7 Å². The number of para-hydroxylation sites is 2. The zero-order valence-electron chi connectivity index (χ0n) is 17.3. The van der Waals surface area contributed by atoms with Crippen molar-refractivity contribution in [2.45, 2.75) is 20.3 Å². The van der Waals surface area contributed by atoms with Crippen molar-refractivity contribution in [3.05, 3.63) is 64.1 Å². The number of benzene rings is 2. The molecule has 0 radical (unpaired) electrons. The maximum absolute atomic E-state index is 13.0. The molecular formula is C23H23BrN6O. The summed E-state index contributed by atoms with van der Waals surface area (Å²) in [5, 5.41) is 7.47. The lowest BCUT2D eigenvalue weighted by Crippen LogP contribution is -2.26. The molecule has 158 valence electrons. The normalized spacial score (nSPS) is 11.7. The van der Waals surface area contributed by atoms with Gasteiger partial charge in [0.05, 0.1) is 17.2 Å². The van der Waals surface area contributed by atoms with Gasteiger partial charge in [-0.15, -0.1) is 0 Å². The van der Waals surface area contributed by atoms with Crippen LogP contribution < -0.4 is 11.1 Å². The minimum Gasteiger partial charge on any atom is -0.383 e. The van der Waals surface area contributed by atoms with Crippen LogP contribution in [0.2, 0.25) is 0 Å². The van der Waals surface area contributed by atoms with Crippen molar-refractivity contribution in [1.29, 1.82) is 0 Å². The fourth-order valence-electron chi connectivity index (χ4n) is 3.26. The minimum atomic E-state index is -0.274. The molecule has 2 aromatic carbocycles. The molecule has 7 nitrogen and oxygen atoms in total. The van der Waals surface area contributed by atoms with Gasteiger partial charge in [-0.05, 0) is 42.2 Å². The highest BCUT2D eigenvalue weighted by Gasteiger charge is 2.23. The molecule has 4 aromatic rings. The van der Waals surface area contributed by atoms with Crippen LogP contribution in [-0.4, -0.2) is 33.3 Å². The van der Waals surface area contributed by atoms with Gasteiger partial charge >= 0.3 is 0 Å². The number of nitrogens with two attached hydrogens (primary N) is 1. The molecular weight excluding hydrogens is 456 g/mol. The minimum absolute atomic E-state index is 0.207. The molecule has 4 rings (SSSR count). The molecule has 0 aliphatic carbocycles. The number of carbonyl (C=O) groups is 1. The summed E-state index contributed by atoms with van der Waals surface area (Å²) in [5.41, 5.74) is 9.86. The van der Waals surface area contributed by atoms with Crippen molar-refractivity contribution in [1.82, 2.24) is 20.0 Å². The Bertz CT molecular complexity index is 1290. The smallest absolute Gasteiger partial charge is 0.257 e. The van der Waals surface area contributed by atoms with Crippen molar-refractivity contribution >= 4 is 56.1 Å². The first-order valence-electron chi connectivity index (χ1n) is 10.1. The molecule has 0 atom stereocenters. The average molecular weight is 479 g/mol. The van der Waals surface area contributed by atoms with E-state index in [0.717, 1.165) is 16.5 Å². The Balaban J connectivity index is 1.83. The lowest BCUT2D eigenvalue weighted by atomic mass is 10.1. The number of hydrogen-bond acceptors (Lipinski definition) is 5. The topological polar surface area (TPSA) is 98.2 Å². The molecule has 2 heterocycles. The zero-order valence-corrected chi connectivity index (χ0v) is 18.9. The number of rotatable bonds is 6. The highest BCUT2D eigenvalue weighted by atomic mass is 79.9. The van der Waals surface area contributed by atoms with E-state index in [0.29, 0.717) is 40.2 Å². The van der Waals surface area contributed by atoms with E-state index < -0.39 is 0 Å². The van der Waals surface area contributed by atoms with Gasteiger partial charge in [0.1, 0.15) is 16.9 Å². The van der Waals surface area contributed by atoms with Crippen LogP contribution in [0.5, 0.6) is 0 Å². The third kappa shape index (κ3) is 4.44. The van der Waals surface area contributed by atoms with Crippen LogP contribution in [0.25, 0.3) is 22.2 Å². The number of nitrogens with one attached hydrogen (secondary N) is 1. The van der Waals surface area contributed by atoms with Gasteiger partial charge in [-0.1, -0.05) is 54.0 Å². The number of halogens is 1. The summed E-state index contributed by atoms with van der Waals surface area (Å²) in [6.45, 7) is 4.78. The van der Waals surface area contributed by atoms with E-state index in [1.807, 2.05) is 48.5 Å². The third-order valence-corrected chi connectivity index (χ3v) is 5.37. The molecule has 31 heavy (non-hydrogen) atoms. The lowest BCUT2D eigenvalue weighted by molar-refractivity contribution is 0.0954. The van der Waals surface area contributed by atoms with Crippen LogP contribution in [0.4, 0.5) is 5.82 Å². The van der Waals surface area contributed by atoms with Crippen LogP contribution in [0, 0.1) is 5.92 Å². The number of amides is 1. The summed E-state index contributed by atoms with van der Waals surface area (Å²) in [6, 6.07) is 15.2. The lowest BCUT2D eigenvalue weighted by Gasteiger charge is -2.07. The van der Waals surface area contributed by atoms with Crippen molar-refractivity contribution in [3.63, 3.8) is 0 Å². The Labute approximate surface area is 188 Å². The first kappa shape index (κ1) is 21.0. The molecule has 2 aromatic heterocycles. The molecule has 0 bridgehead atoms. The van der Waals surface area contributed by atoms with Crippen molar-refractivity contribution in [2.75, 3.05) is 12.3 Å². The predicted octanol–water partition coefficient (Wildman–Crippen LogP) is 4.59. The van der Waals surface area contributed by atoms with E-state index in [9.17, 15) is 4.79 Å². The summed E-state index contributed by atoms with van der Waals surface area (Å²) in [6.07, 6.45) is 2.55. The maximum atomic E-state index is 13.0. The van der Waals surface area contributed by atoms with E-state index in [1.165, 1.54) is 4.68 Å². The van der Waals surface area contributed by atoms with E-state index in [4.69, 9.17) is 10.7 Å². The highest BCUT2D eigenvalue weighted by Crippen LogP contribution is 2.28. The Morgan fingerprint density at radius 2 is 1.94 bits per heavy atom. The fourth-order valence-corrected chi connectivity index (χ4v) is 3.68.